The van der Waals surface area contributed by atoms with Crippen LogP contribution < -0.4 is 9.47 Å². The highest BCUT2D eigenvalue weighted by Gasteiger charge is 2.12. The summed E-state index contributed by atoms with van der Waals surface area (Å²) in [6.45, 7) is 2.67. The van der Waals surface area contributed by atoms with Crippen molar-refractivity contribution in [3.63, 3.8) is 0 Å². The Morgan fingerprint density at radius 3 is 2.90 bits per heavy atom. The highest BCUT2D eigenvalue weighted by atomic mass is 35.5. The van der Waals surface area contributed by atoms with Gasteiger partial charge in [-0.25, -0.2) is 0 Å². The maximum atomic E-state index is 8.60. The van der Waals surface area contributed by atoms with Crippen molar-refractivity contribution in [2.75, 3.05) is 6.61 Å². The van der Waals surface area contributed by atoms with E-state index in [-0.39, 0.29) is 0 Å². The van der Waals surface area contributed by atoms with Crippen LogP contribution in [-0.4, -0.2) is 23.0 Å². The smallest absolute Gasteiger partial charge is 0.180 e. The zero-order valence-electron chi connectivity index (χ0n) is 11.5. The van der Waals surface area contributed by atoms with Crippen LogP contribution in [0.3, 0.4) is 0 Å². The number of pyridine rings is 1. The second-order valence-corrected chi connectivity index (χ2v) is 4.56. The lowest BCUT2D eigenvalue weighted by atomic mass is 10.2. The first-order chi connectivity index (χ1) is 10.2. The number of benzene rings is 1. The highest BCUT2D eigenvalue weighted by molar-refractivity contribution is 6.32. The molecule has 0 radical (unpaired) electrons. The van der Waals surface area contributed by atoms with Crippen LogP contribution in [0.2, 0.25) is 5.02 Å². The van der Waals surface area contributed by atoms with Gasteiger partial charge >= 0.3 is 0 Å². The van der Waals surface area contributed by atoms with Crippen molar-refractivity contribution in [2.24, 2.45) is 5.16 Å². The molecule has 2 aromatic rings. The predicted octanol–water partition coefficient (Wildman–Crippen LogP) is 3.52. The second kappa shape index (κ2) is 7.50. The highest BCUT2D eigenvalue weighted by Crippen LogP contribution is 2.36. The molecule has 1 aromatic carbocycles. The summed E-state index contributed by atoms with van der Waals surface area (Å²) in [5, 5.41) is 12.0. The molecule has 0 aliphatic heterocycles. The third-order valence-electron chi connectivity index (χ3n) is 2.64. The molecular formula is C15H15ClN2O3. The first-order valence-corrected chi connectivity index (χ1v) is 6.78. The number of halogens is 1. The molecule has 0 fully saturated rings. The Bertz CT molecular complexity index is 618. The lowest BCUT2D eigenvalue weighted by Crippen LogP contribution is -2.01. The lowest BCUT2D eigenvalue weighted by Gasteiger charge is -2.14. The fourth-order valence-corrected chi connectivity index (χ4v) is 2.04. The average molecular weight is 307 g/mol. The van der Waals surface area contributed by atoms with E-state index in [4.69, 9.17) is 26.3 Å². The van der Waals surface area contributed by atoms with Gasteiger partial charge in [0.2, 0.25) is 0 Å². The van der Waals surface area contributed by atoms with E-state index in [1.165, 1.54) is 6.21 Å². The van der Waals surface area contributed by atoms with Gasteiger partial charge in [-0.2, -0.15) is 0 Å². The molecule has 110 valence electrons. The van der Waals surface area contributed by atoms with Crippen LogP contribution >= 0.6 is 11.6 Å². The van der Waals surface area contributed by atoms with Crippen LogP contribution in [-0.2, 0) is 6.61 Å². The molecule has 0 saturated carbocycles. The minimum absolute atomic E-state index is 0.334. The van der Waals surface area contributed by atoms with Gasteiger partial charge in [0.15, 0.2) is 11.5 Å². The number of aromatic nitrogens is 1. The van der Waals surface area contributed by atoms with Crippen LogP contribution in [0.1, 0.15) is 18.1 Å². The molecule has 21 heavy (non-hydrogen) atoms. The average Bonchev–Trinajstić information content (AvgIpc) is 2.48. The molecule has 0 bridgehead atoms. The van der Waals surface area contributed by atoms with Gasteiger partial charge in [0.25, 0.3) is 0 Å². The third-order valence-corrected chi connectivity index (χ3v) is 2.93. The van der Waals surface area contributed by atoms with Crippen molar-refractivity contribution in [1.82, 2.24) is 4.98 Å². The molecule has 2 rings (SSSR count). The third kappa shape index (κ3) is 4.10. The van der Waals surface area contributed by atoms with E-state index < -0.39 is 0 Å². The molecule has 1 heterocycles. The molecule has 0 aliphatic carbocycles. The zero-order chi connectivity index (χ0) is 15.1. The van der Waals surface area contributed by atoms with Gasteiger partial charge in [0.1, 0.15) is 6.61 Å². The van der Waals surface area contributed by atoms with E-state index >= 15 is 0 Å². The summed E-state index contributed by atoms with van der Waals surface area (Å²) < 4.78 is 11.3. The number of rotatable bonds is 6. The van der Waals surface area contributed by atoms with E-state index in [0.29, 0.717) is 35.3 Å². The summed E-state index contributed by atoms with van der Waals surface area (Å²) in [4.78, 5) is 4.03. The van der Waals surface area contributed by atoms with E-state index in [1.54, 1.807) is 24.5 Å². The molecule has 0 unspecified atom stereocenters. The normalized spacial score (nSPS) is 10.8. The van der Waals surface area contributed by atoms with Gasteiger partial charge in [-0.3, -0.25) is 4.98 Å². The molecule has 0 saturated heterocycles. The molecule has 0 aliphatic rings. The number of ether oxygens (including phenoxy) is 2. The Labute approximate surface area is 127 Å². The number of hydrogen-bond donors (Lipinski definition) is 1. The van der Waals surface area contributed by atoms with Crippen LogP contribution in [0.5, 0.6) is 11.5 Å². The Morgan fingerprint density at radius 2 is 2.24 bits per heavy atom. The van der Waals surface area contributed by atoms with Gasteiger partial charge in [-0.1, -0.05) is 22.8 Å². The topological polar surface area (TPSA) is 63.9 Å². The first kappa shape index (κ1) is 15.1. The van der Waals surface area contributed by atoms with Crippen molar-refractivity contribution in [2.45, 2.75) is 13.5 Å². The zero-order valence-corrected chi connectivity index (χ0v) is 12.2. The van der Waals surface area contributed by atoms with E-state index in [1.807, 2.05) is 19.1 Å². The SMILES string of the molecule is CCOc1cc(/C=N\O)cc(Cl)c1OCc1cccnc1. The number of nitrogens with zero attached hydrogens (tertiary/aromatic N) is 2. The number of oxime groups is 1. The number of hydrogen-bond acceptors (Lipinski definition) is 5. The van der Waals surface area contributed by atoms with Crippen LogP contribution in [0.25, 0.3) is 0 Å². The fraction of sp³-hybridized carbons (Fsp3) is 0.200. The predicted molar refractivity (Wildman–Crippen MR) is 80.6 cm³/mol. The summed E-state index contributed by atoms with van der Waals surface area (Å²) in [7, 11) is 0. The molecule has 0 atom stereocenters. The summed E-state index contributed by atoms with van der Waals surface area (Å²) >= 11 is 6.21. The Kier molecular flexibility index (Phi) is 5.40. The maximum absolute atomic E-state index is 8.60. The van der Waals surface area contributed by atoms with Crippen LogP contribution in [0.4, 0.5) is 0 Å². The summed E-state index contributed by atoms with van der Waals surface area (Å²) in [6, 6.07) is 7.09. The van der Waals surface area contributed by atoms with E-state index in [0.717, 1.165) is 5.56 Å². The summed E-state index contributed by atoms with van der Waals surface area (Å²) in [5.41, 5.74) is 1.55. The van der Waals surface area contributed by atoms with Gasteiger partial charge in [0, 0.05) is 23.5 Å². The summed E-state index contributed by atoms with van der Waals surface area (Å²) in [5.74, 6) is 0.959. The van der Waals surface area contributed by atoms with E-state index in [9.17, 15) is 0 Å². The largest absolute Gasteiger partial charge is 0.490 e. The van der Waals surface area contributed by atoms with Gasteiger partial charge < -0.3 is 14.7 Å². The van der Waals surface area contributed by atoms with Crippen molar-refractivity contribution in [3.05, 3.63) is 52.8 Å². The Hall–Kier alpha value is -2.27. The van der Waals surface area contributed by atoms with Crippen molar-refractivity contribution in [3.8, 4) is 11.5 Å². The van der Waals surface area contributed by atoms with Crippen LogP contribution in [0.15, 0.2) is 41.8 Å². The second-order valence-electron chi connectivity index (χ2n) is 4.16. The minimum atomic E-state index is 0.334. The summed E-state index contributed by atoms with van der Waals surface area (Å²) in [6.07, 6.45) is 4.70. The molecule has 6 heteroatoms. The molecule has 1 N–H and O–H groups in total. The van der Waals surface area contributed by atoms with Crippen molar-refractivity contribution >= 4 is 17.8 Å². The molecule has 5 nitrogen and oxygen atoms in total. The standard InChI is InChI=1S/C15H15ClN2O3/c1-2-20-14-7-12(9-18-19)6-13(16)15(14)21-10-11-4-3-5-17-8-11/h3-9,19H,2,10H2,1H3/b18-9-. The molecule has 0 spiro atoms. The van der Waals surface area contributed by atoms with Crippen molar-refractivity contribution < 1.29 is 14.7 Å². The van der Waals surface area contributed by atoms with Gasteiger partial charge in [0.05, 0.1) is 17.8 Å². The molecule has 1 aromatic heterocycles. The molecule has 0 amide bonds. The lowest BCUT2D eigenvalue weighted by molar-refractivity contribution is 0.269. The van der Waals surface area contributed by atoms with E-state index in [2.05, 4.69) is 10.1 Å². The van der Waals surface area contributed by atoms with Gasteiger partial charge in [-0.15, -0.1) is 0 Å². The molecular weight excluding hydrogens is 292 g/mol. The maximum Gasteiger partial charge on any atom is 0.180 e. The fourth-order valence-electron chi connectivity index (χ4n) is 1.77. The van der Waals surface area contributed by atoms with Gasteiger partial charge in [-0.05, 0) is 25.1 Å². The van der Waals surface area contributed by atoms with Crippen molar-refractivity contribution in [1.29, 1.82) is 0 Å². The minimum Gasteiger partial charge on any atom is -0.490 e. The monoisotopic (exact) mass is 306 g/mol. The Morgan fingerprint density at radius 1 is 1.38 bits per heavy atom. The Balaban J connectivity index is 2.24. The first-order valence-electron chi connectivity index (χ1n) is 6.40. The quantitative estimate of drug-likeness (QED) is 0.504. The van der Waals surface area contributed by atoms with Crippen LogP contribution in [0, 0.1) is 0 Å².